The van der Waals surface area contributed by atoms with E-state index >= 15 is 0 Å². The van der Waals surface area contributed by atoms with Crippen LogP contribution in [-0.4, -0.2) is 25.9 Å². The third-order valence-electron chi connectivity index (χ3n) is 2.71. The van der Waals surface area contributed by atoms with Gasteiger partial charge in [-0.2, -0.15) is 0 Å². The number of aromatic nitrogens is 3. The highest BCUT2D eigenvalue weighted by molar-refractivity contribution is 7.98. The highest BCUT2D eigenvalue weighted by Gasteiger charge is 2.13. The molecule has 108 valence electrons. The maximum atomic E-state index is 10.7. The molecule has 2 aromatic heterocycles. The first-order valence-corrected chi connectivity index (χ1v) is 7.24. The van der Waals surface area contributed by atoms with Crippen LogP contribution in [0.2, 0.25) is 0 Å². The molecule has 7 nitrogen and oxygen atoms in total. The van der Waals surface area contributed by atoms with Crippen LogP contribution in [0.15, 0.2) is 21.7 Å². The third-order valence-corrected chi connectivity index (χ3v) is 3.67. The second-order valence-electron chi connectivity index (χ2n) is 4.23. The van der Waals surface area contributed by atoms with Crippen molar-refractivity contribution in [3.8, 4) is 0 Å². The van der Waals surface area contributed by atoms with E-state index in [1.165, 1.54) is 22.5 Å². The van der Waals surface area contributed by atoms with E-state index in [2.05, 4.69) is 17.1 Å². The van der Waals surface area contributed by atoms with Crippen LogP contribution in [-0.2, 0) is 12.2 Å². The standard InChI is InChI=1S/C12H16N4O3S/c1-2-3-4-10-14-15-12(16(10)13)20-7-8-5-6-9(19-8)11(17)18/h5-6H,2-4,7,13H2,1H3,(H,17,18). The van der Waals surface area contributed by atoms with Crippen LogP contribution >= 0.6 is 11.8 Å². The van der Waals surface area contributed by atoms with Crippen molar-refractivity contribution in [2.45, 2.75) is 37.1 Å². The molecule has 0 fully saturated rings. The molecule has 2 heterocycles. The van der Waals surface area contributed by atoms with Crippen molar-refractivity contribution in [3.05, 3.63) is 29.5 Å². The number of nitrogens with zero attached hydrogens (tertiary/aromatic N) is 3. The van der Waals surface area contributed by atoms with Crippen LogP contribution in [0, 0.1) is 0 Å². The second kappa shape index (κ2) is 6.47. The Hall–Kier alpha value is -1.96. The summed E-state index contributed by atoms with van der Waals surface area (Å²) in [6.45, 7) is 2.10. The maximum absolute atomic E-state index is 10.7. The molecule has 3 N–H and O–H groups in total. The van der Waals surface area contributed by atoms with Crippen molar-refractivity contribution < 1.29 is 14.3 Å². The molecule has 2 rings (SSSR count). The van der Waals surface area contributed by atoms with Gasteiger partial charge in [0.25, 0.3) is 0 Å². The predicted molar refractivity (Wildman–Crippen MR) is 74.0 cm³/mol. The van der Waals surface area contributed by atoms with Gasteiger partial charge in [-0.05, 0) is 18.6 Å². The first-order chi connectivity index (χ1) is 9.61. The first-order valence-electron chi connectivity index (χ1n) is 6.26. The van der Waals surface area contributed by atoms with Crippen molar-refractivity contribution >= 4 is 17.7 Å². The summed E-state index contributed by atoms with van der Waals surface area (Å²) in [5.74, 6) is 6.52. The Labute approximate surface area is 120 Å². The molecule has 8 heteroatoms. The largest absolute Gasteiger partial charge is 0.475 e. The topological polar surface area (TPSA) is 107 Å². The van der Waals surface area contributed by atoms with Gasteiger partial charge in [0.15, 0.2) is 5.82 Å². The molecule has 0 bridgehead atoms. The van der Waals surface area contributed by atoms with Crippen molar-refractivity contribution in [1.82, 2.24) is 14.9 Å². The third kappa shape index (κ3) is 3.32. The van der Waals surface area contributed by atoms with Crippen LogP contribution in [0.4, 0.5) is 0 Å². The Balaban J connectivity index is 1.96. The van der Waals surface area contributed by atoms with E-state index in [0.717, 1.165) is 25.1 Å². The predicted octanol–water partition coefficient (Wildman–Crippen LogP) is 1.92. The van der Waals surface area contributed by atoms with Crippen LogP contribution in [0.25, 0.3) is 0 Å². The van der Waals surface area contributed by atoms with Gasteiger partial charge in [-0.25, -0.2) is 9.47 Å². The van der Waals surface area contributed by atoms with E-state index in [-0.39, 0.29) is 5.76 Å². The summed E-state index contributed by atoms with van der Waals surface area (Å²) in [6.07, 6.45) is 2.88. The van der Waals surface area contributed by atoms with Crippen LogP contribution in [0.1, 0.15) is 41.9 Å². The highest BCUT2D eigenvalue weighted by atomic mass is 32.2. The SMILES string of the molecule is CCCCc1nnc(SCc2ccc(C(=O)O)o2)n1N. The Morgan fingerprint density at radius 3 is 2.95 bits per heavy atom. The smallest absolute Gasteiger partial charge is 0.371 e. The summed E-state index contributed by atoms with van der Waals surface area (Å²) in [5, 5.41) is 17.4. The quantitative estimate of drug-likeness (QED) is 0.593. The molecule has 0 aliphatic carbocycles. The summed E-state index contributed by atoms with van der Waals surface area (Å²) >= 11 is 1.36. The number of carboxylic acids is 1. The molecule has 0 aliphatic heterocycles. The molecule has 0 unspecified atom stereocenters. The number of carboxylic acid groups (broad SMARTS) is 1. The number of nitrogens with two attached hydrogens (primary N) is 1. The van der Waals surface area contributed by atoms with Gasteiger partial charge in [0.05, 0.1) is 5.75 Å². The lowest BCUT2D eigenvalue weighted by atomic mass is 10.2. The number of aryl methyl sites for hydroxylation is 1. The normalized spacial score (nSPS) is 10.8. The zero-order valence-corrected chi connectivity index (χ0v) is 11.9. The van der Waals surface area contributed by atoms with Gasteiger partial charge in [0.2, 0.25) is 10.9 Å². The Kier molecular flexibility index (Phi) is 4.67. The van der Waals surface area contributed by atoms with E-state index in [4.69, 9.17) is 15.4 Å². The van der Waals surface area contributed by atoms with Gasteiger partial charge in [0, 0.05) is 6.42 Å². The molecular formula is C12H16N4O3S. The molecule has 0 aromatic carbocycles. The average molecular weight is 296 g/mol. The van der Waals surface area contributed by atoms with E-state index in [9.17, 15) is 4.79 Å². The number of carbonyl (C=O) groups is 1. The maximum Gasteiger partial charge on any atom is 0.371 e. The Bertz CT molecular complexity index is 593. The first kappa shape index (κ1) is 14.4. The molecule has 0 atom stereocenters. The number of furan rings is 1. The number of rotatable bonds is 7. The summed E-state index contributed by atoms with van der Waals surface area (Å²) < 4.78 is 6.63. The van der Waals surface area contributed by atoms with Crippen molar-refractivity contribution in [1.29, 1.82) is 0 Å². The molecule has 0 radical (unpaired) electrons. The lowest BCUT2D eigenvalue weighted by Gasteiger charge is -2.02. The molecular weight excluding hydrogens is 280 g/mol. The minimum absolute atomic E-state index is 0.0709. The number of unbranched alkanes of at least 4 members (excludes halogenated alkanes) is 1. The molecule has 2 aromatic rings. The number of hydrogen-bond donors (Lipinski definition) is 2. The van der Waals surface area contributed by atoms with Gasteiger partial charge < -0.3 is 15.4 Å². The number of hydrogen-bond acceptors (Lipinski definition) is 6. The van der Waals surface area contributed by atoms with Crippen molar-refractivity contribution in [3.63, 3.8) is 0 Å². The van der Waals surface area contributed by atoms with Crippen LogP contribution in [0.5, 0.6) is 0 Å². The van der Waals surface area contributed by atoms with E-state index < -0.39 is 5.97 Å². The zero-order valence-electron chi connectivity index (χ0n) is 11.1. The molecule has 0 aliphatic rings. The monoisotopic (exact) mass is 296 g/mol. The Morgan fingerprint density at radius 1 is 1.50 bits per heavy atom. The summed E-state index contributed by atoms with van der Waals surface area (Å²) in [7, 11) is 0. The second-order valence-corrected chi connectivity index (χ2v) is 5.17. The zero-order chi connectivity index (χ0) is 14.5. The van der Waals surface area contributed by atoms with E-state index in [1.54, 1.807) is 6.07 Å². The molecule has 0 amide bonds. The molecule has 0 saturated carbocycles. The van der Waals surface area contributed by atoms with Gasteiger partial charge in [-0.3, -0.25) is 0 Å². The van der Waals surface area contributed by atoms with E-state index in [1.807, 2.05) is 0 Å². The van der Waals surface area contributed by atoms with Crippen molar-refractivity contribution in [2.24, 2.45) is 0 Å². The fourth-order valence-corrected chi connectivity index (χ4v) is 2.39. The van der Waals surface area contributed by atoms with Gasteiger partial charge in [-0.1, -0.05) is 25.1 Å². The van der Waals surface area contributed by atoms with Crippen LogP contribution < -0.4 is 5.84 Å². The highest BCUT2D eigenvalue weighted by Crippen LogP contribution is 2.22. The van der Waals surface area contributed by atoms with Crippen molar-refractivity contribution in [2.75, 3.05) is 5.84 Å². The lowest BCUT2D eigenvalue weighted by Crippen LogP contribution is -2.14. The number of nitrogen functional groups attached to an aromatic ring is 1. The fourth-order valence-electron chi connectivity index (χ4n) is 1.62. The molecule has 20 heavy (non-hydrogen) atoms. The summed E-state index contributed by atoms with van der Waals surface area (Å²) in [4.78, 5) is 10.7. The minimum Gasteiger partial charge on any atom is -0.475 e. The lowest BCUT2D eigenvalue weighted by molar-refractivity contribution is 0.0661. The minimum atomic E-state index is -1.08. The summed E-state index contributed by atoms with van der Waals surface area (Å²) in [5.41, 5.74) is 0. The van der Waals surface area contributed by atoms with Gasteiger partial charge >= 0.3 is 5.97 Å². The number of thioether (sulfide) groups is 1. The van der Waals surface area contributed by atoms with Gasteiger partial charge in [0.1, 0.15) is 5.76 Å². The molecule has 0 saturated heterocycles. The average Bonchev–Trinajstić information content (AvgIpc) is 3.02. The number of aromatic carboxylic acids is 1. The van der Waals surface area contributed by atoms with Gasteiger partial charge in [-0.15, -0.1) is 10.2 Å². The Morgan fingerprint density at radius 2 is 2.30 bits per heavy atom. The van der Waals surface area contributed by atoms with E-state index in [0.29, 0.717) is 16.7 Å². The molecule has 0 spiro atoms. The van der Waals surface area contributed by atoms with Crippen LogP contribution in [0.3, 0.4) is 0 Å². The fraction of sp³-hybridized carbons (Fsp3) is 0.417. The summed E-state index contributed by atoms with van der Waals surface area (Å²) in [6, 6.07) is 3.06.